The number of nitrogens with zero attached hydrogens (tertiary/aromatic N) is 1. The van der Waals surface area contributed by atoms with Gasteiger partial charge in [0.1, 0.15) is 17.8 Å². The van der Waals surface area contributed by atoms with Crippen molar-refractivity contribution >= 4 is 18.2 Å². The number of amidine groups is 1. The molecule has 0 aliphatic heterocycles. The molecule has 0 radical (unpaired) electrons. The van der Waals surface area contributed by atoms with Gasteiger partial charge in [-0.05, 0) is 0 Å². The molecule has 1 aromatic heterocycles. The van der Waals surface area contributed by atoms with Gasteiger partial charge < -0.3 is 10.3 Å². The van der Waals surface area contributed by atoms with E-state index >= 15 is 0 Å². The second-order valence-corrected chi connectivity index (χ2v) is 1.30. The SMILES string of the molecule is Cl.N=C(N)c1ccon1. The Kier molecular flexibility index (Phi) is 2.73. The summed E-state index contributed by atoms with van der Waals surface area (Å²) in [5.41, 5.74) is 5.40. The molecule has 0 aliphatic carbocycles. The van der Waals surface area contributed by atoms with E-state index in [1.54, 1.807) is 0 Å². The van der Waals surface area contributed by atoms with E-state index in [0.29, 0.717) is 5.69 Å². The summed E-state index contributed by atoms with van der Waals surface area (Å²) in [4.78, 5) is 0. The fourth-order valence-corrected chi connectivity index (χ4v) is 0.351. The van der Waals surface area contributed by atoms with Gasteiger partial charge in [-0.3, -0.25) is 5.41 Å². The van der Waals surface area contributed by atoms with Crippen LogP contribution in [0.2, 0.25) is 0 Å². The van der Waals surface area contributed by atoms with Crippen LogP contribution in [-0.2, 0) is 0 Å². The summed E-state index contributed by atoms with van der Waals surface area (Å²) in [5, 5.41) is 10.2. The van der Waals surface area contributed by atoms with Crippen LogP contribution in [0.1, 0.15) is 5.69 Å². The number of hydrogen-bond acceptors (Lipinski definition) is 3. The van der Waals surface area contributed by atoms with Crippen molar-refractivity contribution in [1.29, 1.82) is 5.41 Å². The highest BCUT2D eigenvalue weighted by atomic mass is 35.5. The molecule has 0 atom stereocenters. The van der Waals surface area contributed by atoms with E-state index in [9.17, 15) is 0 Å². The fourth-order valence-electron chi connectivity index (χ4n) is 0.351. The normalized spacial score (nSPS) is 8.00. The van der Waals surface area contributed by atoms with Crippen LogP contribution >= 0.6 is 12.4 Å². The van der Waals surface area contributed by atoms with Gasteiger partial charge in [0.05, 0.1) is 0 Å². The van der Waals surface area contributed by atoms with Gasteiger partial charge in [0.25, 0.3) is 0 Å². The first-order chi connectivity index (χ1) is 3.80. The molecule has 0 saturated carbocycles. The Labute approximate surface area is 57.9 Å². The highest BCUT2D eigenvalue weighted by molar-refractivity contribution is 5.92. The van der Waals surface area contributed by atoms with Gasteiger partial charge in [-0.25, -0.2) is 0 Å². The first-order valence-electron chi connectivity index (χ1n) is 2.05. The molecule has 1 heterocycles. The van der Waals surface area contributed by atoms with Crippen LogP contribution in [0.5, 0.6) is 0 Å². The van der Waals surface area contributed by atoms with Crippen molar-refractivity contribution < 1.29 is 4.52 Å². The third kappa shape index (κ3) is 1.73. The van der Waals surface area contributed by atoms with Gasteiger partial charge in [-0.2, -0.15) is 0 Å². The smallest absolute Gasteiger partial charge is 0.147 e. The summed E-state index contributed by atoms with van der Waals surface area (Å²) in [5.74, 6) is -0.0706. The van der Waals surface area contributed by atoms with Crippen molar-refractivity contribution in [3.63, 3.8) is 0 Å². The second-order valence-electron chi connectivity index (χ2n) is 1.30. The van der Waals surface area contributed by atoms with Crippen molar-refractivity contribution in [3.05, 3.63) is 18.0 Å². The van der Waals surface area contributed by atoms with Crippen LogP contribution in [-0.4, -0.2) is 11.0 Å². The molecular weight excluding hydrogens is 142 g/mol. The molecule has 9 heavy (non-hydrogen) atoms. The molecular formula is C4H6ClN3O. The summed E-state index contributed by atoms with van der Waals surface area (Å²) in [7, 11) is 0. The predicted octanol–water partition coefficient (Wildman–Crippen LogP) is 0.380. The average Bonchev–Trinajstić information content (AvgIpc) is 2.12. The van der Waals surface area contributed by atoms with E-state index in [4.69, 9.17) is 11.1 Å². The summed E-state index contributed by atoms with van der Waals surface area (Å²) >= 11 is 0. The maximum Gasteiger partial charge on any atom is 0.147 e. The highest BCUT2D eigenvalue weighted by Crippen LogP contribution is 1.89. The Balaban J connectivity index is 0.000000640. The molecule has 1 rings (SSSR count). The van der Waals surface area contributed by atoms with Crippen LogP contribution < -0.4 is 5.73 Å². The molecule has 4 nitrogen and oxygen atoms in total. The largest absolute Gasteiger partial charge is 0.382 e. The van der Waals surface area contributed by atoms with E-state index in [1.807, 2.05) is 0 Å². The number of aromatic nitrogens is 1. The Morgan fingerprint density at radius 1 is 1.78 bits per heavy atom. The van der Waals surface area contributed by atoms with Crippen LogP contribution in [0.15, 0.2) is 16.9 Å². The standard InChI is InChI=1S/C4H5N3O.ClH/c5-4(6)3-1-2-8-7-3;/h1-2H,(H3,5,6);1H. The van der Waals surface area contributed by atoms with Gasteiger partial charge >= 0.3 is 0 Å². The summed E-state index contributed by atoms with van der Waals surface area (Å²) in [6.07, 6.45) is 1.37. The zero-order chi connectivity index (χ0) is 5.98. The van der Waals surface area contributed by atoms with Gasteiger partial charge in [0.15, 0.2) is 0 Å². The number of nitrogens with two attached hydrogens (primary N) is 1. The van der Waals surface area contributed by atoms with E-state index in [-0.39, 0.29) is 18.2 Å². The number of nitrogen functional groups attached to an aromatic ring is 1. The van der Waals surface area contributed by atoms with Crippen molar-refractivity contribution in [2.45, 2.75) is 0 Å². The molecule has 0 unspecified atom stereocenters. The lowest BCUT2D eigenvalue weighted by atomic mass is 10.4. The molecule has 1 aromatic rings. The zero-order valence-electron chi connectivity index (χ0n) is 4.50. The van der Waals surface area contributed by atoms with E-state index < -0.39 is 0 Å². The minimum absolute atomic E-state index is 0. The first-order valence-corrected chi connectivity index (χ1v) is 2.05. The number of hydrogen-bond donors (Lipinski definition) is 2. The predicted molar refractivity (Wildman–Crippen MR) is 34.8 cm³/mol. The molecule has 0 fully saturated rings. The van der Waals surface area contributed by atoms with Gasteiger partial charge in [-0.1, -0.05) is 5.16 Å². The lowest BCUT2D eigenvalue weighted by Crippen LogP contribution is -2.10. The highest BCUT2D eigenvalue weighted by Gasteiger charge is 1.95. The van der Waals surface area contributed by atoms with Crippen molar-refractivity contribution in [1.82, 2.24) is 5.16 Å². The lowest BCUT2D eigenvalue weighted by molar-refractivity contribution is 0.418. The van der Waals surface area contributed by atoms with Crippen LogP contribution in [0.4, 0.5) is 0 Å². The Morgan fingerprint density at radius 3 is 2.67 bits per heavy atom. The van der Waals surface area contributed by atoms with Gasteiger partial charge in [0.2, 0.25) is 0 Å². The molecule has 0 amide bonds. The molecule has 3 N–H and O–H groups in total. The van der Waals surface area contributed by atoms with E-state index in [0.717, 1.165) is 0 Å². The van der Waals surface area contributed by atoms with Gasteiger partial charge in [-0.15, -0.1) is 12.4 Å². The third-order valence-electron chi connectivity index (χ3n) is 0.714. The van der Waals surface area contributed by atoms with Crippen molar-refractivity contribution in [3.8, 4) is 0 Å². The minimum Gasteiger partial charge on any atom is -0.382 e. The van der Waals surface area contributed by atoms with E-state index in [1.165, 1.54) is 12.3 Å². The number of rotatable bonds is 1. The lowest BCUT2D eigenvalue weighted by Gasteiger charge is -1.81. The quantitative estimate of drug-likeness (QED) is 0.446. The number of nitrogens with one attached hydrogen (secondary N) is 1. The zero-order valence-corrected chi connectivity index (χ0v) is 5.31. The summed E-state index contributed by atoms with van der Waals surface area (Å²) < 4.78 is 4.40. The monoisotopic (exact) mass is 147 g/mol. The second kappa shape index (κ2) is 3.09. The molecule has 0 bridgehead atoms. The Bertz CT molecular complexity index is 184. The van der Waals surface area contributed by atoms with Crippen molar-refractivity contribution in [2.75, 3.05) is 0 Å². The average molecular weight is 148 g/mol. The van der Waals surface area contributed by atoms with Crippen LogP contribution in [0, 0.1) is 5.41 Å². The molecule has 0 saturated heterocycles. The topological polar surface area (TPSA) is 75.9 Å². The van der Waals surface area contributed by atoms with E-state index in [2.05, 4.69) is 9.68 Å². The Hall–Kier alpha value is -1.03. The Morgan fingerprint density at radius 2 is 2.44 bits per heavy atom. The minimum atomic E-state index is -0.0706. The molecule has 50 valence electrons. The first kappa shape index (κ1) is 7.97. The number of halogens is 1. The molecule has 5 heteroatoms. The van der Waals surface area contributed by atoms with Crippen LogP contribution in [0.25, 0.3) is 0 Å². The molecule has 0 spiro atoms. The summed E-state index contributed by atoms with van der Waals surface area (Å²) in [6, 6.07) is 1.53. The summed E-state index contributed by atoms with van der Waals surface area (Å²) in [6.45, 7) is 0. The van der Waals surface area contributed by atoms with Gasteiger partial charge in [0, 0.05) is 6.07 Å². The maximum atomic E-state index is 6.81. The molecule has 0 aliphatic rings. The van der Waals surface area contributed by atoms with Crippen molar-refractivity contribution in [2.24, 2.45) is 5.73 Å². The fraction of sp³-hybridized carbons (Fsp3) is 0. The molecule has 0 aromatic carbocycles. The third-order valence-corrected chi connectivity index (χ3v) is 0.714. The van der Waals surface area contributed by atoms with Crippen LogP contribution in [0.3, 0.4) is 0 Å². The maximum absolute atomic E-state index is 6.81.